The number of allylic oxidation sites excluding steroid dienone is 1. The van der Waals surface area contributed by atoms with Gasteiger partial charge >= 0.3 is 0 Å². The molecule has 0 aliphatic carbocycles. The van der Waals surface area contributed by atoms with Crippen LogP contribution in [0.2, 0.25) is 0 Å². The molecular formula is C23H23FN2O4. The Morgan fingerprint density at radius 2 is 1.90 bits per heavy atom. The van der Waals surface area contributed by atoms with Crippen LogP contribution in [0.1, 0.15) is 29.8 Å². The first-order chi connectivity index (χ1) is 14.3. The number of benzene rings is 2. The number of amides is 1. The summed E-state index contributed by atoms with van der Waals surface area (Å²) in [5.41, 5.74) is 0.109. The van der Waals surface area contributed by atoms with Crippen LogP contribution >= 0.6 is 0 Å². The first kappa shape index (κ1) is 22.6. The fraction of sp³-hybridized carbons (Fsp3) is 0.261. The van der Waals surface area contributed by atoms with E-state index in [-0.39, 0.29) is 17.0 Å². The lowest BCUT2D eigenvalue weighted by Gasteiger charge is -2.20. The highest BCUT2D eigenvalue weighted by atomic mass is 19.1. The second kappa shape index (κ2) is 10.2. The Kier molecular flexibility index (Phi) is 7.70. The third-order valence-electron chi connectivity index (χ3n) is 4.15. The summed E-state index contributed by atoms with van der Waals surface area (Å²) in [6.45, 7) is 3.77. The molecule has 0 N–H and O–H groups in total. The topological polar surface area (TPSA) is 79.6 Å². The number of hydrogen-bond donors (Lipinski definition) is 0. The Balaban J connectivity index is 2.36. The minimum absolute atomic E-state index is 0.175. The molecule has 0 saturated carbocycles. The van der Waals surface area contributed by atoms with E-state index in [0.717, 1.165) is 6.07 Å². The van der Waals surface area contributed by atoms with Gasteiger partial charge in [-0.2, -0.15) is 5.26 Å². The van der Waals surface area contributed by atoms with Crippen LogP contribution in [0, 0.1) is 17.1 Å². The number of nitrogens with zero attached hydrogens (tertiary/aromatic N) is 2. The molecule has 1 amide bonds. The molecule has 0 bridgehead atoms. The van der Waals surface area contributed by atoms with Gasteiger partial charge in [-0.05, 0) is 49.8 Å². The first-order valence-corrected chi connectivity index (χ1v) is 9.34. The second-order valence-electron chi connectivity index (χ2n) is 6.61. The van der Waals surface area contributed by atoms with E-state index < -0.39 is 17.7 Å². The monoisotopic (exact) mass is 410 g/mol. The van der Waals surface area contributed by atoms with Gasteiger partial charge < -0.3 is 14.4 Å². The molecule has 0 radical (unpaired) electrons. The molecule has 7 heteroatoms. The molecule has 0 fully saturated rings. The number of halogens is 1. The number of hydrogen-bond acceptors (Lipinski definition) is 5. The lowest BCUT2D eigenvalue weighted by Crippen LogP contribution is -2.35. The molecule has 0 aromatic heterocycles. The standard InChI is InChI=1S/C23H23FN2O4/c1-5-29-21-13-16(10-11-20(21)30-15(2)23(28)26(3)4)12-17(14-25)22(27)18-8-6-7-9-19(18)24/h6-13,15H,5H2,1-4H3/b17-12+/t15-/m1/s1. The largest absolute Gasteiger partial charge is 0.490 e. The molecule has 0 spiro atoms. The average molecular weight is 410 g/mol. The zero-order valence-corrected chi connectivity index (χ0v) is 17.3. The smallest absolute Gasteiger partial charge is 0.262 e. The van der Waals surface area contributed by atoms with E-state index in [1.165, 1.54) is 29.2 Å². The van der Waals surface area contributed by atoms with Crippen LogP contribution in [-0.2, 0) is 4.79 Å². The number of carbonyl (C=O) groups is 2. The quantitative estimate of drug-likeness (QED) is 0.375. The van der Waals surface area contributed by atoms with E-state index >= 15 is 0 Å². The van der Waals surface area contributed by atoms with Crippen molar-refractivity contribution in [3.63, 3.8) is 0 Å². The summed E-state index contributed by atoms with van der Waals surface area (Å²) in [4.78, 5) is 26.0. The summed E-state index contributed by atoms with van der Waals surface area (Å²) in [5, 5.41) is 9.41. The SMILES string of the molecule is CCOc1cc(/C=C(\C#N)C(=O)c2ccccc2F)ccc1O[C@H](C)C(=O)N(C)C. The summed E-state index contributed by atoms with van der Waals surface area (Å²) in [7, 11) is 3.27. The van der Waals surface area contributed by atoms with Crippen molar-refractivity contribution in [2.24, 2.45) is 0 Å². The summed E-state index contributed by atoms with van der Waals surface area (Å²) < 4.78 is 25.2. The van der Waals surface area contributed by atoms with Crippen LogP contribution in [-0.4, -0.2) is 43.4 Å². The number of nitriles is 1. The number of likely N-dealkylation sites (N-methyl/N-ethyl adjacent to an activating group) is 1. The van der Waals surface area contributed by atoms with Gasteiger partial charge in [0, 0.05) is 14.1 Å². The predicted molar refractivity (Wildman–Crippen MR) is 111 cm³/mol. The van der Waals surface area contributed by atoms with Crippen molar-refractivity contribution >= 4 is 17.8 Å². The van der Waals surface area contributed by atoms with Gasteiger partial charge in [0.15, 0.2) is 17.6 Å². The molecule has 156 valence electrons. The average Bonchev–Trinajstić information content (AvgIpc) is 2.73. The molecule has 2 rings (SSSR count). The highest BCUT2D eigenvalue weighted by molar-refractivity contribution is 6.14. The van der Waals surface area contributed by atoms with E-state index in [0.29, 0.717) is 23.7 Å². The molecule has 0 unspecified atom stereocenters. The molecular weight excluding hydrogens is 387 g/mol. The van der Waals surface area contributed by atoms with Crippen LogP contribution in [0.4, 0.5) is 4.39 Å². The van der Waals surface area contributed by atoms with Gasteiger partial charge in [0.2, 0.25) is 5.78 Å². The second-order valence-corrected chi connectivity index (χ2v) is 6.61. The van der Waals surface area contributed by atoms with Crippen LogP contribution in [0.25, 0.3) is 6.08 Å². The van der Waals surface area contributed by atoms with Crippen LogP contribution in [0.3, 0.4) is 0 Å². The number of carbonyl (C=O) groups excluding carboxylic acids is 2. The van der Waals surface area contributed by atoms with Crippen molar-refractivity contribution in [1.82, 2.24) is 4.90 Å². The van der Waals surface area contributed by atoms with Crippen molar-refractivity contribution in [3.05, 3.63) is 65.0 Å². The van der Waals surface area contributed by atoms with Crippen molar-refractivity contribution in [1.29, 1.82) is 5.26 Å². The molecule has 6 nitrogen and oxygen atoms in total. The van der Waals surface area contributed by atoms with Gasteiger partial charge in [-0.25, -0.2) is 4.39 Å². The summed E-state index contributed by atoms with van der Waals surface area (Å²) in [6, 6.07) is 12.1. The third kappa shape index (κ3) is 5.45. The summed E-state index contributed by atoms with van der Waals surface area (Å²) in [5.74, 6) is -0.888. The van der Waals surface area contributed by atoms with Gasteiger partial charge in [0.05, 0.1) is 12.2 Å². The van der Waals surface area contributed by atoms with Crippen molar-refractivity contribution in [2.75, 3.05) is 20.7 Å². The molecule has 30 heavy (non-hydrogen) atoms. The highest BCUT2D eigenvalue weighted by Gasteiger charge is 2.20. The Labute approximate surface area is 175 Å². The van der Waals surface area contributed by atoms with Crippen molar-refractivity contribution < 1.29 is 23.5 Å². The maximum atomic E-state index is 13.9. The minimum atomic E-state index is -0.724. The number of Topliss-reactive ketones (excluding diaryl/α,β-unsaturated/α-hetero) is 1. The normalized spacial score (nSPS) is 11.9. The van der Waals surface area contributed by atoms with E-state index in [1.807, 2.05) is 6.07 Å². The Bertz CT molecular complexity index is 1010. The molecule has 0 aliphatic rings. The Morgan fingerprint density at radius 3 is 2.50 bits per heavy atom. The lowest BCUT2D eigenvalue weighted by atomic mass is 10.0. The maximum Gasteiger partial charge on any atom is 0.262 e. The predicted octanol–water partition coefficient (Wildman–Crippen LogP) is 3.87. The zero-order chi connectivity index (χ0) is 22.3. The molecule has 0 aliphatic heterocycles. The van der Waals surface area contributed by atoms with Crippen LogP contribution in [0.5, 0.6) is 11.5 Å². The molecule has 0 heterocycles. The minimum Gasteiger partial charge on any atom is -0.490 e. The summed E-state index contributed by atoms with van der Waals surface area (Å²) in [6.07, 6.45) is 0.632. The first-order valence-electron chi connectivity index (χ1n) is 9.34. The van der Waals surface area contributed by atoms with Crippen LogP contribution in [0.15, 0.2) is 48.0 Å². The third-order valence-corrected chi connectivity index (χ3v) is 4.15. The number of ether oxygens (including phenoxy) is 2. The number of ketones is 1. The Morgan fingerprint density at radius 1 is 1.20 bits per heavy atom. The molecule has 0 saturated heterocycles. The summed E-state index contributed by atoms with van der Waals surface area (Å²) >= 11 is 0. The van der Waals surface area contributed by atoms with Crippen LogP contribution < -0.4 is 9.47 Å². The fourth-order valence-corrected chi connectivity index (χ4v) is 2.69. The zero-order valence-electron chi connectivity index (χ0n) is 17.3. The fourth-order valence-electron chi connectivity index (χ4n) is 2.69. The highest BCUT2D eigenvalue weighted by Crippen LogP contribution is 2.30. The molecule has 2 aromatic rings. The van der Waals surface area contributed by atoms with Gasteiger partial charge in [0.1, 0.15) is 17.5 Å². The molecule has 1 atom stereocenters. The van der Waals surface area contributed by atoms with Crippen molar-refractivity contribution in [2.45, 2.75) is 20.0 Å². The van der Waals surface area contributed by atoms with E-state index in [9.17, 15) is 19.2 Å². The van der Waals surface area contributed by atoms with E-state index in [4.69, 9.17) is 9.47 Å². The van der Waals surface area contributed by atoms with Gasteiger partial charge in [0.25, 0.3) is 5.91 Å². The molecule has 2 aromatic carbocycles. The van der Waals surface area contributed by atoms with Gasteiger partial charge in [-0.3, -0.25) is 9.59 Å². The van der Waals surface area contributed by atoms with E-state index in [2.05, 4.69) is 0 Å². The number of rotatable bonds is 8. The lowest BCUT2D eigenvalue weighted by molar-refractivity contribution is -0.135. The maximum absolute atomic E-state index is 13.9. The van der Waals surface area contributed by atoms with Crippen molar-refractivity contribution in [3.8, 4) is 17.6 Å². The Hall–Kier alpha value is -3.66. The van der Waals surface area contributed by atoms with Gasteiger partial charge in [-0.1, -0.05) is 18.2 Å². The van der Waals surface area contributed by atoms with E-state index in [1.54, 1.807) is 46.1 Å². The van der Waals surface area contributed by atoms with Gasteiger partial charge in [-0.15, -0.1) is 0 Å².